The Kier molecular flexibility index (Phi) is 28.5. The number of hydrogen-bond acceptors (Lipinski definition) is 0. The zero-order chi connectivity index (χ0) is 5.11. The van der Waals surface area contributed by atoms with Crippen LogP contribution >= 0.6 is 0 Å². The molecule has 0 aliphatic heterocycles. The van der Waals surface area contributed by atoms with Crippen LogP contribution in [0.3, 0.4) is 0 Å². The van der Waals surface area contributed by atoms with Gasteiger partial charge in [0.05, 0.1) is 0 Å². The van der Waals surface area contributed by atoms with Crippen LogP contribution in [0, 0.1) is 0 Å². The van der Waals surface area contributed by atoms with Gasteiger partial charge in [-0.1, -0.05) is 35.8 Å². The Morgan fingerprint density at radius 1 is 0.818 bits per heavy atom. The Hall–Kier alpha value is 1.20. The van der Waals surface area contributed by atoms with E-state index >= 15 is 0 Å². The summed E-state index contributed by atoms with van der Waals surface area (Å²) in [5, 5.41) is 0. The number of hydrogen-bond donors (Lipinski definition) is 0. The van der Waals surface area contributed by atoms with Gasteiger partial charge in [0.25, 0.3) is 0 Å². The van der Waals surface area contributed by atoms with Gasteiger partial charge in [-0.2, -0.15) is 0 Å². The van der Waals surface area contributed by atoms with Crippen molar-refractivity contribution in [3.8, 4) is 0 Å². The Balaban J connectivity index is -0.0000000612. The molecular weight excluding hydrogens is 161 g/mol. The minimum absolute atomic E-state index is 0. The Labute approximate surface area is 112 Å². The summed E-state index contributed by atoms with van der Waals surface area (Å²) in [6.45, 7) is 0. The van der Waals surface area contributed by atoms with Crippen LogP contribution in [0.25, 0.3) is 0 Å². The van der Waals surface area contributed by atoms with Crippen molar-refractivity contribution in [1.29, 1.82) is 0 Å². The Bertz CT molecular complexity index is 149. The summed E-state index contributed by atoms with van der Waals surface area (Å²) in [5.41, 5.74) is 1.32. The third-order valence-electron chi connectivity index (χ3n) is 0.940. The molecule has 0 aliphatic carbocycles. The Morgan fingerprint density at radius 2 is 1.18 bits per heavy atom. The fourth-order valence-corrected chi connectivity index (χ4v) is 0.534. The molecule has 0 saturated carbocycles. The third kappa shape index (κ3) is 11.2. The second-order valence-corrected chi connectivity index (χ2v) is 1.65. The molecule has 5 heteroatoms. The molecule has 54 valence electrons. The SMILES string of the molecule is Bc1ccccc1.O.O.[NaH].[NaH]. The van der Waals surface area contributed by atoms with Crippen LogP contribution in [0.15, 0.2) is 30.3 Å². The van der Waals surface area contributed by atoms with Gasteiger partial charge in [0.15, 0.2) is 0 Å². The summed E-state index contributed by atoms with van der Waals surface area (Å²) in [4.78, 5) is 0. The second-order valence-electron chi connectivity index (χ2n) is 1.65. The van der Waals surface area contributed by atoms with E-state index in [1.165, 1.54) is 5.46 Å². The molecule has 0 radical (unpaired) electrons. The summed E-state index contributed by atoms with van der Waals surface area (Å²) < 4.78 is 0. The quantitative estimate of drug-likeness (QED) is 0.376. The number of rotatable bonds is 0. The van der Waals surface area contributed by atoms with Crippen molar-refractivity contribution in [2.75, 3.05) is 0 Å². The fourth-order valence-electron chi connectivity index (χ4n) is 0.534. The molecule has 1 aromatic carbocycles. The van der Waals surface area contributed by atoms with Crippen molar-refractivity contribution in [2.45, 2.75) is 0 Å². The van der Waals surface area contributed by atoms with Gasteiger partial charge in [-0.3, -0.25) is 0 Å². The second kappa shape index (κ2) is 13.8. The summed E-state index contributed by atoms with van der Waals surface area (Å²) in [5.74, 6) is 0. The van der Waals surface area contributed by atoms with E-state index in [9.17, 15) is 0 Å². The molecule has 11 heavy (non-hydrogen) atoms. The van der Waals surface area contributed by atoms with Gasteiger partial charge in [-0.25, -0.2) is 0 Å². The van der Waals surface area contributed by atoms with Gasteiger partial charge in [0.1, 0.15) is 7.85 Å². The van der Waals surface area contributed by atoms with Gasteiger partial charge < -0.3 is 11.0 Å². The van der Waals surface area contributed by atoms with E-state index in [1.54, 1.807) is 0 Å². The first-order valence-electron chi connectivity index (χ1n) is 2.41. The zero-order valence-corrected chi connectivity index (χ0v) is 5.39. The van der Waals surface area contributed by atoms with E-state index in [-0.39, 0.29) is 70.1 Å². The summed E-state index contributed by atoms with van der Waals surface area (Å²) >= 11 is 0. The molecule has 4 N–H and O–H groups in total. The van der Waals surface area contributed by atoms with Gasteiger partial charge in [0.2, 0.25) is 0 Å². The van der Waals surface area contributed by atoms with Crippen LogP contribution in [-0.2, 0) is 0 Å². The van der Waals surface area contributed by atoms with Crippen LogP contribution in [0.2, 0.25) is 0 Å². The molecule has 0 spiro atoms. The minimum atomic E-state index is 0. The molecule has 0 heterocycles. The molecule has 1 aromatic rings. The predicted octanol–water partition coefficient (Wildman–Crippen LogP) is -3.00. The fraction of sp³-hybridized carbons (Fsp3) is 0. The van der Waals surface area contributed by atoms with E-state index < -0.39 is 0 Å². The average molecular weight is 174 g/mol. The first kappa shape index (κ1) is 22.8. The maximum absolute atomic E-state index is 2.08. The molecule has 0 amide bonds. The van der Waals surface area contributed by atoms with Crippen molar-refractivity contribution in [3.05, 3.63) is 30.3 Å². The molecule has 2 nitrogen and oxygen atoms in total. The predicted molar refractivity (Wildman–Crippen MR) is 56.1 cm³/mol. The monoisotopic (exact) mass is 174 g/mol. The molecule has 0 atom stereocenters. The van der Waals surface area contributed by atoms with E-state index in [1.807, 2.05) is 18.2 Å². The van der Waals surface area contributed by atoms with E-state index in [0.29, 0.717) is 0 Å². The molecule has 0 unspecified atom stereocenters. The van der Waals surface area contributed by atoms with Gasteiger partial charge in [0, 0.05) is 0 Å². The third-order valence-corrected chi connectivity index (χ3v) is 0.940. The standard InChI is InChI=1S/C6H7B.2Na.2H2O.2H/c7-6-4-2-1-3-5-6;;;;;;/h1-5H,7H2;;;2*1H2;;. The van der Waals surface area contributed by atoms with Crippen molar-refractivity contribution in [1.82, 2.24) is 0 Å². The summed E-state index contributed by atoms with van der Waals surface area (Å²) in [7, 11) is 2.08. The van der Waals surface area contributed by atoms with Gasteiger partial charge >= 0.3 is 59.1 Å². The molecular formula is C6H13BNa2O2. The van der Waals surface area contributed by atoms with Crippen molar-refractivity contribution in [2.24, 2.45) is 0 Å². The van der Waals surface area contributed by atoms with E-state index in [4.69, 9.17) is 0 Å². The normalized spacial score (nSPS) is 5.45. The molecule has 1 rings (SSSR count). The Morgan fingerprint density at radius 3 is 1.36 bits per heavy atom. The molecule has 0 fully saturated rings. The first-order valence-corrected chi connectivity index (χ1v) is 2.41. The van der Waals surface area contributed by atoms with Crippen molar-refractivity contribution in [3.63, 3.8) is 0 Å². The average Bonchev–Trinajstić information content (AvgIpc) is 1.69. The first-order chi connectivity index (χ1) is 3.39. The van der Waals surface area contributed by atoms with Crippen LogP contribution in [0.1, 0.15) is 0 Å². The van der Waals surface area contributed by atoms with Crippen LogP contribution in [0.5, 0.6) is 0 Å². The topological polar surface area (TPSA) is 63.0 Å². The zero-order valence-electron chi connectivity index (χ0n) is 5.39. The van der Waals surface area contributed by atoms with Crippen molar-refractivity contribution < 1.29 is 11.0 Å². The maximum atomic E-state index is 2.08. The molecule has 0 aromatic heterocycles. The van der Waals surface area contributed by atoms with Crippen LogP contribution in [0.4, 0.5) is 0 Å². The van der Waals surface area contributed by atoms with E-state index in [2.05, 4.69) is 20.0 Å². The van der Waals surface area contributed by atoms with E-state index in [0.717, 1.165) is 0 Å². The summed E-state index contributed by atoms with van der Waals surface area (Å²) in [6, 6.07) is 10.3. The molecule has 0 aliphatic rings. The molecule has 0 bridgehead atoms. The van der Waals surface area contributed by atoms with Crippen LogP contribution in [-0.4, -0.2) is 77.9 Å². The van der Waals surface area contributed by atoms with Crippen LogP contribution < -0.4 is 5.46 Å². The number of benzene rings is 1. The van der Waals surface area contributed by atoms with Crippen molar-refractivity contribution >= 4 is 72.4 Å². The van der Waals surface area contributed by atoms with Gasteiger partial charge in [-0.15, -0.1) is 0 Å². The molecule has 0 saturated heterocycles. The summed E-state index contributed by atoms with van der Waals surface area (Å²) in [6.07, 6.45) is 0. The van der Waals surface area contributed by atoms with Gasteiger partial charge in [-0.05, 0) is 0 Å².